The predicted octanol–water partition coefficient (Wildman–Crippen LogP) is 5.19. The number of hydrogen-bond acceptors (Lipinski definition) is 5. The number of aryl methyl sites for hydroxylation is 1. The fraction of sp³-hybridized carbons (Fsp3) is 0.200. The van der Waals surface area contributed by atoms with E-state index in [2.05, 4.69) is 10.1 Å². The highest BCUT2D eigenvalue weighted by molar-refractivity contribution is 6.50. The van der Waals surface area contributed by atoms with Crippen LogP contribution in [0.3, 0.4) is 0 Å². The topological polar surface area (TPSA) is 57.4 Å². The average molecular weight is 371 g/mol. The van der Waals surface area contributed by atoms with Gasteiger partial charge in [-0.25, -0.2) is 0 Å². The number of methoxy groups -OCH3 is 1. The number of nitrogens with zero attached hydrogens (tertiary/aromatic N) is 2. The van der Waals surface area contributed by atoms with Gasteiger partial charge in [0.05, 0.1) is 13.7 Å². The average Bonchev–Trinajstić information content (AvgIpc) is 3.13. The van der Waals surface area contributed by atoms with Crippen LogP contribution < -0.4 is 9.47 Å². The molecule has 1 aromatic heterocycles. The van der Waals surface area contributed by atoms with E-state index in [0.717, 1.165) is 16.7 Å². The number of hydrogen-bond donors (Lipinski definition) is 0. The van der Waals surface area contributed by atoms with Gasteiger partial charge in [-0.05, 0) is 43.2 Å². The highest BCUT2D eigenvalue weighted by Crippen LogP contribution is 2.31. The van der Waals surface area contributed by atoms with Gasteiger partial charge < -0.3 is 14.0 Å². The summed E-state index contributed by atoms with van der Waals surface area (Å²) in [6.07, 6.45) is 1.74. The third kappa shape index (κ3) is 3.89. The number of aromatic nitrogens is 2. The van der Waals surface area contributed by atoms with Crippen molar-refractivity contribution >= 4 is 22.7 Å². The van der Waals surface area contributed by atoms with Crippen LogP contribution in [-0.2, 0) is 0 Å². The molecule has 0 saturated carbocycles. The molecular formula is C20H19ClN2O3. The van der Waals surface area contributed by atoms with E-state index in [4.69, 9.17) is 25.6 Å². The fourth-order valence-electron chi connectivity index (χ4n) is 2.51. The van der Waals surface area contributed by atoms with Crippen LogP contribution in [0, 0.1) is 6.92 Å². The zero-order chi connectivity index (χ0) is 18.5. The largest absolute Gasteiger partial charge is 0.493 e. The van der Waals surface area contributed by atoms with E-state index >= 15 is 0 Å². The van der Waals surface area contributed by atoms with E-state index < -0.39 is 0 Å². The Kier molecular flexibility index (Phi) is 5.58. The van der Waals surface area contributed by atoms with Gasteiger partial charge >= 0.3 is 0 Å². The first kappa shape index (κ1) is 18.0. The highest BCUT2D eigenvalue weighted by atomic mass is 35.5. The van der Waals surface area contributed by atoms with Gasteiger partial charge in [0.15, 0.2) is 11.5 Å². The van der Waals surface area contributed by atoms with Crippen LogP contribution in [0.4, 0.5) is 0 Å². The van der Waals surface area contributed by atoms with Crippen molar-refractivity contribution in [3.8, 4) is 22.9 Å². The van der Waals surface area contributed by atoms with Gasteiger partial charge in [-0.2, -0.15) is 4.98 Å². The highest BCUT2D eigenvalue weighted by Gasteiger charge is 2.13. The van der Waals surface area contributed by atoms with Crippen LogP contribution in [0.25, 0.3) is 22.5 Å². The van der Waals surface area contributed by atoms with Gasteiger partial charge in [-0.1, -0.05) is 47.1 Å². The summed E-state index contributed by atoms with van der Waals surface area (Å²) in [7, 11) is 1.60. The standard InChI is InChI=1S/C20H19ClN2O3/c1-4-25-17-10-9-14(12-18(17)24-3)11-16(21)20-22-19(23-26-20)15-8-6-5-7-13(15)2/h5-12H,4H2,1-3H3/b16-11-. The first-order valence-corrected chi connectivity index (χ1v) is 8.58. The number of benzene rings is 2. The van der Waals surface area contributed by atoms with E-state index in [0.29, 0.717) is 29.0 Å². The Hall–Kier alpha value is -2.79. The molecule has 3 rings (SSSR count). The maximum atomic E-state index is 6.37. The van der Waals surface area contributed by atoms with Crippen LogP contribution in [0.5, 0.6) is 11.5 Å². The van der Waals surface area contributed by atoms with Gasteiger partial charge in [0.2, 0.25) is 5.82 Å². The fourth-order valence-corrected chi connectivity index (χ4v) is 2.71. The molecule has 3 aromatic rings. The minimum atomic E-state index is 0.262. The molecule has 0 spiro atoms. The Morgan fingerprint density at radius 3 is 2.73 bits per heavy atom. The molecule has 26 heavy (non-hydrogen) atoms. The molecule has 0 atom stereocenters. The van der Waals surface area contributed by atoms with E-state index in [1.165, 1.54) is 0 Å². The predicted molar refractivity (Wildman–Crippen MR) is 102 cm³/mol. The van der Waals surface area contributed by atoms with Crippen LogP contribution in [0.15, 0.2) is 47.0 Å². The Labute approximate surface area is 157 Å². The Bertz CT molecular complexity index is 934. The summed E-state index contributed by atoms with van der Waals surface area (Å²) in [6, 6.07) is 13.4. The van der Waals surface area contributed by atoms with Crippen LogP contribution in [0.2, 0.25) is 0 Å². The first-order chi connectivity index (χ1) is 12.6. The smallest absolute Gasteiger partial charge is 0.269 e. The molecule has 5 nitrogen and oxygen atoms in total. The maximum absolute atomic E-state index is 6.37. The van der Waals surface area contributed by atoms with Crippen molar-refractivity contribution in [3.05, 3.63) is 59.5 Å². The Balaban J connectivity index is 1.88. The van der Waals surface area contributed by atoms with E-state index in [1.54, 1.807) is 13.2 Å². The second kappa shape index (κ2) is 8.06. The first-order valence-electron chi connectivity index (χ1n) is 8.20. The number of rotatable bonds is 6. The van der Waals surface area contributed by atoms with Crippen molar-refractivity contribution in [1.82, 2.24) is 10.1 Å². The molecule has 2 aromatic carbocycles. The van der Waals surface area contributed by atoms with Crippen molar-refractivity contribution in [2.24, 2.45) is 0 Å². The molecule has 0 fully saturated rings. The maximum Gasteiger partial charge on any atom is 0.269 e. The third-order valence-electron chi connectivity index (χ3n) is 3.80. The molecule has 0 aliphatic carbocycles. The van der Waals surface area contributed by atoms with Crippen molar-refractivity contribution < 1.29 is 14.0 Å². The lowest BCUT2D eigenvalue weighted by Crippen LogP contribution is -1.95. The van der Waals surface area contributed by atoms with Crippen molar-refractivity contribution in [2.45, 2.75) is 13.8 Å². The quantitative estimate of drug-likeness (QED) is 0.597. The molecule has 0 amide bonds. The molecule has 1 heterocycles. The van der Waals surface area contributed by atoms with Gasteiger partial charge in [-0.15, -0.1) is 0 Å². The Morgan fingerprint density at radius 1 is 1.19 bits per heavy atom. The Morgan fingerprint density at radius 2 is 2.00 bits per heavy atom. The molecule has 0 N–H and O–H groups in total. The number of ether oxygens (including phenoxy) is 2. The van der Waals surface area contributed by atoms with Crippen molar-refractivity contribution in [1.29, 1.82) is 0 Å². The SMILES string of the molecule is CCOc1ccc(/C=C(\Cl)c2nc(-c3ccccc3C)no2)cc1OC. The lowest BCUT2D eigenvalue weighted by molar-refractivity contribution is 0.311. The van der Waals surface area contributed by atoms with Crippen LogP contribution >= 0.6 is 11.6 Å². The molecule has 0 saturated heterocycles. The normalized spacial score (nSPS) is 11.5. The summed E-state index contributed by atoms with van der Waals surface area (Å²) in [5.41, 5.74) is 2.82. The van der Waals surface area contributed by atoms with Gasteiger partial charge in [0, 0.05) is 5.56 Å². The van der Waals surface area contributed by atoms with Crippen molar-refractivity contribution in [3.63, 3.8) is 0 Å². The summed E-state index contributed by atoms with van der Waals surface area (Å²) in [5.74, 6) is 2.09. The minimum Gasteiger partial charge on any atom is -0.493 e. The summed E-state index contributed by atoms with van der Waals surface area (Å²) in [4.78, 5) is 4.39. The molecule has 0 aliphatic rings. The summed E-state index contributed by atoms with van der Waals surface area (Å²) in [5, 5.41) is 4.38. The molecule has 0 radical (unpaired) electrons. The van der Waals surface area contributed by atoms with E-state index in [1.807, 2.05) is 56.3 Å². The van der Waals surface area contributed by atoms with Crippen LogP contribution in [0.1, 0.15) is 23.9 Å². The van der Waals surface area contributed by atoms with E-state index in [9.17, 15) is 0 Å². The zero-order valence-corrected chi connectivity index (χ0v) is 15.6. The minimum absolute atomic E-state index is 0.262. The third-order valence-corrected chi connectivity index (χ3v) is 4.07. The molecule has 0 bridgehead atoms. The molecule has 134 valence electrons. The monoisotopic (exact) mass is 370 g/mol. The summed E-state index contributed by atoms with van der Waals surface area (Å²) >= 11 is 6.37. The molecule has 0 aliphatic heterocycles. The van der Waals surface area contributed by atoms with Crippen molar-refractivity contribution in [2.75, 3.05) is 13.7 Å². The van der Waals surface area contributed by atoms with Gasteiger partial charge in [0.25, 0.3) is 5.89 Å². The number of halogens is 1. The molecule has 0 unspecified atom stereocenters. The second-order valence-electron chi connectivity index (χ2n) is 5.57. The zero-order valence-electron chi connectivity index (χ0n) is 14.8. The molecule has 6 heteroatoms. The lowest BCUT2D eigenvalue weighted by Gasteiger charge is -2.09. The summed E-state index contributed by atoms with van der Waals surface area (Å²) < 4.78 is 16.2. The lowest BCUT2D eigenvalue weighted by atomic mass is 10.1. The molecular weight excluding hydrogens is 352 g/mol. The summed E-state index contributed by atoms with van der Waals surface area (Å²) in [6.45, 7) is 4.48. The second-order valence-corrected chi connectivity index (χ2v) is 5.98. The van der Waals surface area contributed by atoms with Crippen LogP contribution in [-0.4, -0.2) is 23.9 Å². The van der Waals surface area contributed by atoms with Gasteiger partial charge in [-0.3, -0.25) is 0 Å². The van der Waals surface area contributed by atoms with Gasteiger partial charge in [0.1, 0.15) is 5.03 Å². The van der Waals surface area contributed by atoms with E-state index in [-0.39, 0.29) is 5.89 Å².